The number of nitrogens with one attached hydrogen (secondary N) is 1. The third-order valence-corrected chi connectivity index (χ3v) is 4.34. The predicted octanol–water partition coefficient (Wildman–Crippen LogP) is 3.86. The first-order valence-electron chi connectivity index (χ1n) is 7.57. The van der Waals surface area contributed by atoms with Gasteiger partial charge in [0.25, 0.3) is 0 Å². The Labute approximate surface area is 118 Å². The van der Waals surface area contributed by atoms with Gasteiger partial charge in [-0.15, -0.1) is 0 Å². The normalized spacial score (nSPS) is 18.5. The van der Waals surface area contributed by atoms with Gasteiger partial charge in [-0.3, -0.25) is 0 Å². The highest BCUT2D eigenvalue weighted by Crippen LogP contribution is 2.34. The summed E-state index contributed by atoms with van der Waals surface area (Å²) in [6.07, 6.45) is 2.71. The lowest BCUT2D eigenvalue weighted by Crippen LogP contribution is -2.40. The van der Waals surface area contributed by atoms with Crippen molar-refractivity contribution in [3.8, 4) is 0 Å². The monoisotopic (exact) mass is 260 g/mol. The second-order valence-electron chi connectivity index (χ2n) is 6.77. The van der Waals surface area contributed by atoms with Crippen LogP contribution in [0.15, 0.2) is 30.3 Å². The highest BCUT2D eigenvalue weighted by molar-refractivity contribution is 5.42. The molecule has 0 spiro atoms. The molecular formula is C17H28N2. The molecular weight excluding hydrogens is 232 g/mol. The first-order chi connectivity index (χ1) is 9.05. The molecule has 1 aromatic rings. The van der Waals surface area contributed by atoms with E-state index in [1.54, 1.807) is 0 Å². The maximum Gasteiger partial charge on any atom is 0.0340 e. The van der Waals surface area contributed by atoms with Crippen molar-refractivity contribution in [3.05, 3.63) is 30.3 Å². The van der Waals surface area contributed by atoms with E-state index in [1.807, 2.05) is 0 Å². The Bertz CT molecular complexity index is 359. The fourth-order valence-electron chi connectivity index (χ4n) is 2.94. The molecule has 0 aliphatic carbocycles. The van der Waals surface area contributed by atoms with Crippen LogP contribution in [0.5, 0.6) is 0 Å². The molecule has 0 radical (unpaired) electrons. The average Bonchev–Trinajstić information content (AvgIpc) is 2.39. The predicted molar refractivity (Wildman–Crippen MR) is 83.6 cm³/mol. The molecule has 1 N–H and O–H groups in total. The van der Waals surface area contributed by atoms with Crippen molar-refractivity contribution in [1.29, 1.82) is 0 Å². The van der Waals surface area contributed by atoms with Crippen molar-refractivity contribution < 1.29 is 0 Å². The highest BCUT2D eigenvalue weighted by Gasteiger charge is 2.28. The molecule has 2 nitrogen and oxygen atoms in total. The third kappa shape index (κ3) is 4.54. The van der Waals surface area contributed by atoms with Gasteiger partial charge >= 0.3 is 0 Å². The van der Waals surface area contributed by atoms with Gasteiger partial charge in [0.15, 0.2) is 0 Å². The Morgan fingerprint density at radius 3 is 2.32 bits per heavy atom. The van der Waals surface area contributed by atoms with Crippen molar-refractivity contribution >= 4 is 5.69 Å². The smallest absolute Gasteiger partial charge is 0.0340 e. The minimum atomic E-state index is 0.481. The molecule has 2 rings (SSSR count). The zero-order valence-electron chi connectivity index (χ0n) is 12.7. The Balaban J connectivity index is 1.66. The lowest BCUT2D eigenvalue weighted by Gasteiger charge is -2.38. The summed E-state index contributed by atoms with van der Waals surface area (Å²) in [5.41, 5.74) is 1.71. The van der Waals surface area contributed by atoms with Gasteiger partial charge in [0.05, 0.1) is 0 Å². The second kappa shape index (κ2) is 6.42. The van der Waals surface area contributed by atoms with E-state index in [4.69, 9.17) is 0 Å². The van der Waals surface area contributed by atoms with E-state index < -0.39 is 0 Å². The molecule has 0 bridgehead atoms. The van der Waals surface area contributed by atoms with E-state index in [2.05, 4.69) is 61.3 Å². The molecule has 0 amide bonds. The minimum Gasteiger partial charge on any atom is -0.384 e. The summed E-state index contributed by atoms with van der Waals surface area (Å²) in [5.74, 6) is 0.894. The summed E-state index contributed by atoms with van der Waals surface area (Å²) >= 11 is 0. The van der Waals surface area contributed by atoms with Gasteiger partial charge < -0.3 is 10.2 Å². The Morgan fingerprint density at radius 1 is 1.11 bits per heavy atom. The van der Waals surface area contributed by atoms with E-state index in [1.165, 1.54) is 31.6 Å². The molecule has 1 saturated heterocycles. The number of anilines is 1. The SMILES string of the molecule is CC(C)(C)C1CCN(CCNc2ccccc2)CC1. The fraction of sp³-hybridized carbons (Fsp3) is 0.647. The van der Waals surface area contributed by atoms with Crippen LogP contribution in [0.3, 0.4) is 0 Å². The number of hydrogen-bond donors (Lipinski definition) is 1. The van der Waals surface area contributed by atoms with Crippen molar-refractivity contribution in [2.75, 3.05) is 31.5 Å². The summed E-state index contributed by atoms with van der Waals surface area (Å²) in [6.45, 7) is 11.9. The van der Waals surface area contributed by atoms with E-state index in [0.717, 1.165) is 19.0 Å². The van der Waals surface area contributed by atoms with Crippen LogP contribution in [0.1, 0.15) is 33.6 Å². The number of para-hydroxylation sites is 1. The zero-order valence-corrected chi connectivity index (χ0v) is 12.7. The Hall–Kier alpha value is -1.02. The topological polar surface area (TPSA) is 15.3 Å². The molecule has 106 valence electrons. The fourth-order valence-corrected chi connectivity index (χ4v) is 2.94. The zero-order chi connectivity index (χ0) is 13.7. The summed E-state index contributed by atoms with van der Waals surface area (Å²) in [6, 6.07) is 10.5. The van der Waals surface area contributed by atoms with Crippen molar-refractivity contribution in [1.82, 2.24) is 4.90 Å². The maximum atomic E-state index is 3.49. The standard InChI is InChI=1S/C17H28N2/c1-17(2,3)15-9-12-19(13-10-15)14-11-18-16-7-5-4-6-8-16/h4-8,15,18H,9-14H2,1-3H3. The van der Waals surface area contributed by atoms with Crippen molar-refractivity contribution in [2.24, 2.45) is 11.3 Å². The largest absolute Gasteiger partial charge is 0.384 e. The highest BCUT2D eigenvalue weighted by atomic mass is 15.1. The Kier molecular flexibility index (Phi) is 4.87. The Morgan fingerprint density at radius 2 is 1.74 bits per heavy atom. The molecule has 0 unspecified atom stereocenters. The summed E-state index contributed by atoms with van der Waals surface area (Å²) in [5, 5.41) is 3.49. The molecule has 1 aliphatic heterocycles. The molecule has 0 atom stereocenters. The van der Waals surface area contributed by atoms with Crippen molar-refractivity contribution in [2.45, 2.75) is 33.6 Å². The molecule has 1 heterocycles. The van der Waals surface area contributed by atoms with Crippen LogP contribution in [0.25, 0.3) is 0 Å². The number of nitrogens with zero attached hydrogens (tertiary/aromatic N) is 1. The number of rotatable bonds is 4. The van der Waals surface area contributed by atoms with Crippen LogP contribution < -0.4 is 5.32 Å². The van der Waals surface area contributed by atoms with Crippen LogP contribution in [0.2, 0.25) is 0 Å². The van der Waals surface area contributed by atoms with Gasteiger partial charge in [-0.2, -0.15) is 0 Å². The number of benzene rings is 1. The van der Waals surface area contributed by atoms with E-state index in [9.17, 15) is 0 Å². The number of hydrogen-bond acceptors (Lipinski definition) is 2. The first-order valence-corrected chi connectivity index (χ1v) is 7.57. The van der Waals surface area contributed by atoms with E-state index >= 15 is 0 Å². The van der Waals surface area contributed by atoms with E-state index in [0.29, 0.717) is 5.41 Å². The molecule has 1 aliphatic rings. The van der Waals surface area contributed by atoms with Crippen molar-refractivity contribution in [3.63, 3.8) is 0 Å². The van der Waals surface area contributed by atoms with Crippen LogP contribution >= 0.6 is 0 Å². The van der Waals surface area contributed by atoms with Crippen LogP contribution in [0, 0.1) is 11.3 Å². The van der Waals surface area contributed by atoms with Gasteiger partial charge in [-0.1, -0.05) is 39.0 Å². The number of likely N-dealkylation sites (tertiary alicyclic amines) is 1. The lowest BCUT2D eigenvalue weighted by molar-refractivity contribution is 0.115. The molecule has 1 fully saturated rings. The van der Waals surface area contributed by atoms with Crippen LogP contribution in [-0.4, -0.2) is 31.1 Å². The maximum absolute atomic E-state index is 3.49. The average molecular weight is 260 g/mol. The summed E-state index contributed by atoms with van der Waals surface area (Å²) < 4.78 is 0. The summed E-state index contributed by atoms with van der Waals surface area (Å²) in [4.78, 5) is 2.60. The molecule has 1 aromatic carbocycles. The lowest BCUT2D eigenvalue weighted by atomic mass is 9.75. The summed E-state index contributed by atoms with van der Waals surface area (Å²) in [7, 11) is 0. The molecule has 0 aromatic heterocycles. The van der Waals surface area contributed by atoms with E-state index in [-0.39, 0.29) is 0 Å². The minimum absolute atomic E-state index is 0.481. The molecule has 0 saturated carbocycles. The van der Waals surface area contributed by atoms with Gasteiger partial charge in [0.1, 0.15) is 0 Å². The molecule has 19 heavy (non-hydrogen) atoms. The quantitative estimate of drug-likeness (QED) is 0.884. The first kappa shape index (κ1) is 14.4. The number of piperidine rings is 1. The third-order valence-electron chi connectivity index (χ3n) is 4.34. The van der Waals surface area contributed by atoms with Gasteiger partial charge in [0.2, 0.25) is 0 Å². The van der Waals surface area contributed by atoms with Crippen LogP contribution in [0.4, 0.5) is 5.69 Å². The van der Waals surface area contributed by atoms with Gasteiger partial charge in [0, 0.05) is 18.8 Å². The van der Waals surface area contributed by atoms with Gasteiger partial charge in [-0.25, -0.2) is 0 Å². The van der Waals surface area contributed by atoms with Gasteiger partial charge in [-0.05, 0) is 49.4 Å². The molecule has 2 heteroatoms. The van der Waals surface area contributed by atoms with Crippen LogP contribution in [-0.2, 0) is 0 Å². The second-order valence-corrected chi connectivity index (χ2v) is 6.77.